The quantitative estimate of drug-likeness (QED) is 0.865. The van der Waals surface area contributed by atoms with Crippen LogP contribution in [-0.4, -0.2) is 30.9 Å². The molecule has 1 aromatic rings. The molecule has 1 aromatic carbocycles. The van der Waals surface area contributed by atoms with Gasteiger partial charge in [-0.25, -0.2) is 0 Å². The highest BCUT2D eigenvalue weighted by molar-refractivity contribution is 6.44. The third-order valence-corrected chi connectivity index (χ3v) is 3.23. The largest absolute Gasteiger partial charge is 0.373 e. The molecule has 0 fully saturated rings. The zero-order chi connectivity index (χ0) is 13.2. The van der Waals surface area contributed by atoms with Crippen LogP contribution in [0.2, 0.25) is 15.1 Å². The van der Waals surface area contributed by atoms with Gasteiger partial charge in [0.2, 0.25) is 5.91 Å². The van der Waals surface area contributed by atoms with Crippen molar-refractivity contribution in [3.63, 3.8) is 0 Å². The summed E-state index contributed by atoms with van der Waals surface area (Å²) in [7, 11) is 3.38. The number of benzene rings is 1. The monoisotopic (exact) mass is 294 g/mol. The maximum absolute atomic E-state index is 11.7. The normalized spacial score (nSPS) is 12.1. The maximum Gasteiger partial charge on any atom is 0.244 e. The first-order chi connectivity index (χ1) is 7.82. The van der Waals surface area contributed by atoms with E-state index in [9.17, 15) is 4.79 Å². The second kappa shape index (κ2) is 5.80. The molecule has 1 unspecified atom stereocenters. The molecule has 1 atom stereocenters. The topological polar surface area (TPSA) is 32.3 Å². The molecule has 0 aliphatic rings. The van der Waals surface area contributed by atoms with Gasteiger partial charge in [0, 0.05) is 14.1 Å². The molecule has 0 aromatic heterocycles. The minimum absolute atomic E-state index is 0.0489. The van der Waals surface area contributed by atoms with E-state index in [0.29, 0.717) is 20.8 Å². The second-order valence-electron chi connectivity index (χ2n) is 3.84. The zero-order valence-electron chi connectivity index (χ0n) is 9.72. The minimum Gasteiger partial charge on any atom is -0.373 e. The third kappa shape index (κ3) is 3.66. The van der Waals surface area contributed by atoms with Gasteiger partial charge in [-0.15, -0.1) is 0 Å². The molecule has 0 aliphatic carbocycles. The van der Waals surface area contributed by atoms with Crippen LogP contribution < -0.4 is 5.32 Å². The van der Waals surface area contributed by atoms with Gasteiger partial charge in [-0.2, -0.15) is 0 Å². The van der Waals surface area contributed by atoms with E-state index < -0.39 is 0 Å². The van der Waals surface area contributed by atoms with E-state index in [1.165, 1.54) is 4.90 Å². The molecule has 94 valence electrons. The Bertz CT molecular complexity index is 435. The van der Waals surface area contributed by atoms with Gasteiger partial charge in [0.15, 0.2) is 0 Å². The van der Waals surface area contributed by atoms with Crippen LogP contribution in [0.3, 0.4) is 0 Å². The summed E-state index contributed by atoms with van der Waals surface area (Å²) in [5.41, 5.74) is 0.587. The summed E-state index contributed by atoms with van der Waals surface area (Å²) in [6.45, 7) is 1.75. The van der Waals surface area contributed by atoms with Crippen LogP contribution >= 0.6 is 34.8 Å². The third-order valence-electron chi connectivity index (χ3n) is 2.19. The molecule has 1 amide bonds. The SMILES string of the molecule is CC(Nc1cc(Cl)c(Cl)cc1Cl)C(=O)N(C)C. The first kappa shape index (κ1) is 14.4. The Hall–Kier alpha value is -0.640. The highest BCUT2D eigenvalue weighted by atomic mass is 35.5. The Morgan fingerprint density at radius 2 is 1.71 bits per heavy atom. The summed E-state index contributed by atoms with van der Waals surface area (Å²) < 4.78 is 0. The molecule has 0 heterocycles. The molecular formula is C11H13Cl3N2O. The van der Waals surface area contributed by atoms with Crippen LogP contribution in [0.5, 0.6) is 0 Å². The smallest absolute Gasteiger partial charge is 0.244 e. The van der Waals surface area contributed by atoms with Gasteiger partial charge in [-0.3, -0.25) is 4.79 Å². The highest BCUT2D eigenvalue weighted by Crippen LogP contribution is 2.32. The fourth-order valence-electron chi connectivity index (χ4n) is 1.32. The van der Waals surface area contributed by atoms with Crippen LogP contribution in [0.1, 0.15) is 6.92 Å². The number of rotatable bonds is 3. The predicted molar refractivity (Wildman–Crippen MR) is 73.3 cm³/mol. The number of carbonyl (C=O) groups excluding carboxylic acids is 1. The van der Waals surface area contributed by atoms with E-state index in [1.54, 1.807) is 33.2 Å². The molecule has 0 radical (unpaired) electrons. The summed E-state index contributed by atoms with van der Waals surface area (Å²) in [6.07, 6.45) is 0. The molecule has 17 heavy (non-hydrogen) atoms. The lowest BCUT2D eigenvalue weighted by Gasteiger charge is -2.19. The molecule has 3 nitrogen and oxygen atoms in total. The van der Waals surface area contributed by atoms with E-state index in [-0.39, 0.29) is 11.9 Å². The van der Waals surface area contributed by atoms with Gasteiger partial charge in [0.1, 0.15) is 6.04 Å². The zero-order valence-corrected chi connectivity index (χ0v) is 12.0. The van der Waals surface area contributed by atoms with Gasteiger partial charge in [0.05, 0.1) is 20.8 Å². The lowest BCUT2D eigenvalue weighted by atomic mass is 10.2. The van der Waals surface area contributed by atoms with Crippen molar-refractivity contribution >= 4 is 46.4 Å². The van der Waals surface area contributed by atoms with Crippen LogP contribution in [0, 0.1) is 0 Å². The molecular weight excluding hydrogens is 282 g/mol. The molecule has 1 N–H and O–H groups in total. The fraction of sp³-hybridized carbons (Fsp3) is 0.364. The number of nitrogens with one attached hydrogen (secondary N) is 1. The Morgan fingerprint density at radius 1 is 1.18 bits per heavy atom. The van der Waals surface area contributed by atoms with Crippen molar-refractivity contribution in [3.05, 3.63) is 27.2 Å². The molecule has 0 saturated carbocycles. The van der Waals surface area contributed by atoms with E-state index in [4.69, 9.17) is 34.8 Å². The maximum atomic E-state index is 11.7. The van der Waals surface area contributed by atoms with E-state index in [2.05, 4.69) is 5.32 Å². The summed E-state index contributed by atoms with van der Waals surface area (Å²) in [5.74, 6) is -0.0489. The summed E-state index contributed by atoms with van der Waals surface area (Å²) >= 11 is 17.7. The first-order valence-corrected chi connectivity index (χ1v) is 6.08. The van der Waals surface area contributed by atoms with Crippen LogP contribution in [-0.2, 0) is 4.79 Å². The average Bonchev–Trinajstić information content (AvgIpc) is 2.24. The Balaban J connectivity index is 2.89. The number of amides is 1. The number of nitrogens with zero attached hydrogens (tertiary/aromatic N) is 1. The van der Waals surface area contributed by atoms with Crippen molar-refractivity contribution in [2.45, 2.75) is 13.0 Å². The predicted octanol–water partition coefficient (Wildman–Crippen LogP) is 3.54. The first-order valence-electron chi connectivity index (χ1n) is 4.95. The number of hydrogen-bond acceptors (Lipinski definition) is 2. The molecule has 0 bridgehead atoms. The highest BCUT2D eigenvalue weighted by Gasteiger charge is 2.16. The Labute approximate surface area is 116 Å². The van der Waals surface area contributed by atoms with Gasteiger partial charge >= 0.3 is 0 Å². The molecule has 0 spiro atoms. The average molecular weight is 296 g/mol. The van der Waals surface area contributed by atoms with Crippen molar-refractivity contribution in [1.29, 1.82) is 0 Å². The van der Waals surface area contributed by atoms with Crippen LogP contribution in [0.25, 0.3) is 0 Å². The number of carbonyl (C=O) groups is 1. The lowest BCUT2D eigenvalue weighted by Crippen LogP contribution is -2.36. The lowest BCUT2D eigenvalue weighted by molar-refractivity contribution is -0.129. The van der Waals surface area contributed by atoms with Gasteiger partial charge in [-0.05, 0) is 19.1 Å². The number of halogens is 3. The molecule has 6 heteroatoms. The van der Waals surface area contributed by atoms with Gasteiger partial charge in [0.25, 0.3) is 0 Å². The van der Waals surface area contributed by atoms with E-state index >= 15 is 0 Å². The summed E-state index contributed by atoms with van der Waals surface area (Å²) in [5, 5.41) is 4.20. The van der Waals surface area contributed by atoms with Crippen LogP contribution in [0.15, 0.2) is 12.1 Å². The minimum atomic E-state index is -0.389. The fourth-order valence-corrected chi connectivity index (χ4v) is 1.92. The van der Waals surface area contributed by atoms with Crippen molar-refractivity contribution in [2.24, 2.45) is 0 Å². The molecule has 1 rings (SSSR count). The van der Waals surface area contributed by atoms with Gasteiger partial charge in [-0.1, -0.05) is 34.8 Å². The Kier molecular flexibility index (Phi) is 4.92. The van der Waals surface area contributed by atoms with Gasteiger partial charge < -0.3 is 10.2 Å². The number of likely N-dealkylation sites (N-methyl/N-ethyl adjacent to an activating group) is 1. The molecule has 0 saturated heterocycles. The second-order valence-corrected chi connectivity index (χ2v) is 5.07. The standard InChI is InChI=1S/C11H13Cl3N2O/c1-6(11(17)16(2)3)15-10-5-8(13)7(12)4-9(10)14/h4-6,15H,1-3H3. The Morgan fingerprint density at radius 3 is 2.24 bits per heavy atom. The van der Waals surface area contributed by atoms with Crippen LogP contribution in [0.4, 0.5) is 5.69 Å². The summed E-state index contributed by atoms with van der Waals surface area (Å²) in [4.78, 5) is 13.2. The van der Waals surface area contributed by atoms with Crippen molar-refractivity contribution in [1.82, 2.24) is 4.90 Å². The van der Waals surface area contributed by atoms with E-state index in [1.807, 2.05) is 0 Å². The summed E-state index contributed by atoms with van der Waals surface area (Å²) in [6, 6.07) is 2.76. The van der Waals surface area contributed by atoms with E-state index in [0.717, 1.165) is 0 Å². The van der Waals surface area contributed by atoms with Crippen molar-refractivity contribution in [2.75, 3.05) is 19.4 Å². The number of hydrogen-bond donors (Lipinski definition) is 1. The van der Waals surface area contributed by atoms with Crippen molar-refractivity contribution in [3.8, 4) is 0 Å². The molecule has 0 aliphatic heterocycles. The van der Waals surface area contributed by atoms with Crippen molar-refractivity contribution < 1.29 is 4.79 Å². The number of anilines is 1.